The van der Waals surface area contributed by atoms with Gasteiger partial charge in [0.25, 0.3) is 0 Å². The number of thiophene rings is 1. The highest BCUT2D eigenvalue weighted by Gasteiger charge is 2.26. The normalized spacial score (nSPS) is 12.7. The van der Waals surface area contributed by atoms with Crippen LogP contribution < -0.4 is 20.1 Å². The van der Waals surface area contributed by atoms with Gasteiger partial charge < -0.3 is 24.8 Å². The molecule has 2 aromatic rings. The summed E-state index contributed by atoms with van der Waals surface area (Å²) < 4.78 is 15.6. The number of anilines is 2. The first-order chi connectivity index (χ1) is 13.1. The maximum absolute atomic E-state index is 12.3. The zero-order chi connectivity index (χ0) is 19.4. The molecule has 0 amide bonds. The van der Waals surface area contributed by atoms with Crippen LogP contribution in [0.15, 0.2) is 18.2 Å². The van der Waals surface area contributed by atoms with E-state index in [1.54, 1.807) is 37.7 Å². The number of rotatable bonds is 5. The van der Waals surface area contributed by atoms with Crippen molar-refractivity contribution in [1.82, 2.24) is 0 Å². The van der Waals surface area contributed by atoms with Gasteiger partial charge >= 0.3 is 5.97 Å². The van der Waals surface area contributed by atoms with Gasteiger partial charge in [-0.25, -0.2) is 4.79 Å². The molecule has 0 bridgehead atoms. The van der Waals surface area contributed by atoms with E-state index in [4.69, 9.17) is 26.4 Å². The van der Waals surface area contributed by atoms with Crippen molar-refractivity contribution in [3.8, 4) is 11.5 Å². The Kier molecular flexibility index (Phi) is 6.18. The zero-order valence-electron chi connectivity index (χ0n) is 15.5. The van der Waals surface area contributed by atoms with E-state index in [2.05, 4.69) is 10.6 Å². The molecule has 0 saturated carbocycles. The first-order valence-corrected chi connectivity index (χ1v) is 9.82. The third kappa shape index (κ3) is 4.17. The van der Waals surface area contributed by atoms with E-state index in [-0.39, 0.29) is 5.97 Å². The Morgan fingerprint density at radius 1 is 1.11 bits per heavy atom. The Balaban J connectivity index is 1.84. The lowest BCUT2D eigenvalue weighted by atomic mass is 9.95. The van der Waals surface area contributed by atoms with Gasteiger partial charge in [-0.15, -0.1) is 11.3 Å². The molecule has 1 aromatic carbocycles. The van der Waals surface area contributed by atoms with Crippen LogP contribution in [0.4, 0.5) is 10.7 Å². The largest absolute Gasteiger partial charge is 0.497 e. The number of aryl methyl sites for hydroxylation is 1. The van der Waals surface area contributed by atoms with Crippen LogP contribution >= 0.6 is 23.6 Å². The summed E-state index contributed by atoms with van der Waals surface area (Å²) in [5.74, 6) is 0.986. The molecule has 0 unspecified atom stereocenters. The summed E-state index contributed by atoms with van der Waals surface area (Å²) in [4.78, 5) is 13.6. The third-order valence-electron chi connectivity index (χ3n) is 4.44. The van der Waals surface area contributed by atoms with Crippen molar-refractivity contribution in [2.75, 3.05) is 32.0 Å². The first-order valence-electron chi connectivity index (χ1n) is 8.60. The molecular weight excluding hydrogens is 384 g/mol. The average molecular weight is 407 g/mol. The molecule has 2 N–H and O–H groups in total. The number of carbonyl (C=O) groups excluding carboxylic acids is 1. The predicted octanol–water partition coefficient (Wildman–Crippen LogP) is 4.24. The molecule has 0 fully saturated rings. The van der Waals surface area contributed by atoms with Gasteiger partial charge in [0.05, 0.1) is 32.6 Å². The number of benzene rings is 1. The van der Waals surface area contributed by atoms with Crippen molar-refractivity contribution in [1.29, 1.82) is 0 Å². The summed E-state index contributed by atoms with van der Waals surface area (Å²) >= 11 is 7.03. The molecule has 27 heavy (non-hydrogen) atoms. The fourth-order valence-electron chi connectivity index (χ4n) is 3.14. The standard InChI is InChI=1S/C19H22N2O4S2/c1-23-11-8-9-14(24-2)13(10-11)20-19(26)21-17-16(18(22)25-3)12-6-4-5-7-15(12)27-17/h8-10H,4-7H2,1-3H3,(H2,20,21,26). The van der Waals surface area contributed by atoms with E-state index in [0.717, 1.165) is 31.2 Å². The monoisotopic (exact) mass is 406 g/mol. The maximum atomic E-state index is 12.3. The SMILES string of the molecule is COC(=O)c1c(NC(=S)Nc2cc(OC)ccc2OC)sc2c1CCCC2. The topological polar surface area (TPSA) is 68.8 Å². The van der Waals surface area contributed by atoms with Gasteiger partial charge in [0.15, 0.2) is 5.11 Å². The smallest absolute Gasteiger partial charge is 0.341 e. The molecule has 8 heteroatoms. The van der Waals surface area contributed by atoms with E-state index in [1.165, 1.54) is 12.0 Å². The minimum absolute atomic E-state index is 0.335. The maximum Gasteiger partial charge on any atom is 0.341 e. The van der Waals surface area contributed by atoms with E-state index in [9.17, 15) is 4.79 Å². The van der Waals surface area contributed by atoms with E-state index in [0.29, 0.717) is 32.9 Å². The lowest BCUT2D eigenvalue weighted by Gasteiger charge is -2.15. The average Bonchev–Trinajstić information content (AvgIpc) is 3.04. The summed E-state index contributed by atoms with van der Waals surface area (Å²) in [5, 5.41) is 7.36. The summed E-state index contributed by atoms with van der Waals surface area (Å²) in [6.07, 6.45) is 4.09. The fraction of sp³-hybridized carbons (Fsp3) is 0.368. The Morgan fingerprint density at radius 3 is 2.59 bits per heavy atom. The van der Waals surface area contributed by atoms with Gasteiger partial charge in [-0.1, -0.05) is 0 Å². The van der Waals surface area contributed by atoms with Crippen molar-refractivity contribution < 1.29 is 19.0 Å². The molecule has 0 spiro atoms. The summed E-state index contributed by atoms with van der Waals surface area (Å²) in [5.41, 5.74) is 2.36. The molecule has 0 atom stereocenters. The van der Waals surface area contributed by atoms with Crippen molar-refractivity contribution in [3.63, 3.8) is 0 Å². The molecule has 1 aromatic heterocycles. The van der Waals surface area contributed by atoms with Gasteiger partial charge in [-0.2, -0.15) is 0 Å². The van der Waals surface area contributed by atoms with Crippen molar-refractivity contribution in [2.24, 2.45) is 0 Å². The highest BCUT2D eigenvalue weighted by atomic mass is 32.1. The van der Waals surface area contributed by atoms with Gasteiger partial charge in [-0.3, -0.25) is 0 Å². The molecule has 1 aliphatic rings. The van der Waals surface area contributed by atoms with E-state index >= 15 is 0 Å². The van der Waals surface area contributed by atoms with Crippen molar-refractivity contribution in [3.05, 3.63) is 34.2 Å². The number of fused-ring (bicyclic) bond motifs is 1. The Bertz CT molecular complexity index is 864. The second kappa shape index (κ2) is 8.58. The Morgan fingerprint density at radius 2 is 1.89 bits per heavy atom. The highest BCUT2D eigenvalue weighted by molar-refractivity contribution is 7.80. The third-order valence-corrected chi connectivity index (χ3v) is 5.85. The quantitative estimate of drug-likeness (QED) is 0.568. The number of ether oxygens (including phenoxy) is 3. The van der Waals surface area contributed by atoms with Crippen molar-refractivity contribution in [2.45, 2.75) is 25.7 Å². The Labute approximate surface area is 167 Å². The van der Waals surface area contributed by atoms with Crippen LogP contribution in [0.25, 0.3) is 0 Å². The molecule has 0 radical (unpaired) electrons. The van der Waals surface area contributed by atoms with E-state index < -0.39 is 0 Å². The minimum atomic E-state index is -0.335. The van der Waals surface area contributed by atoms with E-state index in [1.807, 2.05) is 6.07 Å². The van der Waals surface area contributed by atoms with Crippen LogP contribution in [0.1, 0.15) is 33.6 Å². The fourth-order valence-corrected chi connectivity index (χ4v) is 4.70. The van der Waals surface area contributed by atoms with Gasteiger partial charge in [-0.05, 0) is 55.6 Å². The van der Waals surface area contributed by atoms with Gasteiger partial charge in [0, 0.05) is 10.9 Å². The number of thiocarbonyl (C=S) groups is 1. The molecule has 3 rings (SSSR count). The molecule has 0 saturated heterocycles. The summed E-state index contributed by atoms with van der Waals surface area (Å²) in [6, 6.07) is 5.41. The number of carbonyl (C=O) groups is 1. The molecule has 0 aliphatic heterocycles. The first kappa shape index (κ1) is 19.4. The highest BCUT2D eigenvalue weighted by Crippen LogP contribution is 2.39. The second-order valence-corrected chi connectivity index (χ2v) is 7.57. The zero-order valence-corrected chi connectivity index (χ0v) is 17.1. The van der Waals surface area contributed by atoms with Crippen LogP contribution in [0, 0.1) is 0 Å². The second-order valence-electron chi connectivity index (χ2n) is 6.05. The number of nitrogens with one attached hydrogen (secondary N) is 2. The predicted molar refractivity (Wildman–Crippen MR) is 112 cm³/mol. The van der Waals surface area contributed by atoms with Gasteiger partial charge in [0.1, 0.15) is 16.5 Å². The molecular formula is C19H22N2O4S2. The number of methoxy groups -OCH3 is 3. The summed E-state index contributed by atoms with van der Waals surface area (Å²) in [6.45, 7) is 0. The molecule has 1 heterocycles. The lowest BCUT2D eigenvalue weighted by Crippen LogP contribution is -2.20. The van der Waals surface area contributed by atoms with Crippen LogP contribution in [-0.4, -0.2) is 32.4 Å². The minimum Gasteiger partial charge on any atom is -0.497 e. The lowest BCUT2D eigenvalue weighted by molar-refractivity contribution is 0.0601. The van der Waals surface area contributed by atoms with Crippen LogP contribution in [0.3, 0.4) is 0 Å². The number of hydrogen-bond acceptors (Lipinski definition) is 6. The van der Waals surface area contributed by atoms with Crippen LogP contribution in [0.2, 0.25) is 0 Å². The molecule has 144 valence electrons. The van der Waals surface area contributed by atoms with Crippen LogP contribution in [0.5, 0.6) is 11.5 Å². The van der Waals surface area contributed by atoms with Crippen molar-refractivity contribution >= 4 is 45.3 Å². The summed E-state index contributed by atoms with van der Waals surface area (Å²) in [7, 11) is 4.59. The molecule has 1 aliphatic carbocycles. The van der Waals surface area contributed by atoms with Crippen LogP contribution in [-0.2, 0) is 17.6 Å². The Hall–Kier alpha value is -2.32. The van der Waals surface area contributed by atoms with Gasteiger partial charge in [0.2, 0.25) is 0 Å². The number of hydrogen-bond donors (Lipinski definition) is 2. The number of esters is 1. The molecule has 6 nitrogen and oxygen atoms in total.